The maximum absolute atomic E-state index is 11.1. The van der Waals surface area contributed by atoms with Crippen molar-refractivity contribution in [2.75, 3.05) is 26.7 Å². The SMILES string of the molecule is COC(=O)CCCN1CCCC(c2ccccc2)CC1. The second-order valence-corrected chi connectivity index (χ2v) is 5.56. The zero-order valence-electron chi connectivity index (χ0n) is 12.4. The second-order valence-electron chi connectivity index (χ2n) is 5.56. The van der Waals surface area contributed by atoms with Crippen molar-refractivity contribution >= 4 is 5.97 Å². The van der Waals surface area contributed by atoms with Crippen LogP contribution in [0.3, 0.4) is 0 Å². The number of likely N-dealkylation sites (tertiary alicyclic amines) is 1. The third-order valence-electron chi connectivity index (χ3n) is 4.17. The van der Waals surface area contributed by atoms with Gasteiger partial charge >= 0.3 is 5.97 Å². The van der Waals surface area contributed by atoms with Gasteiger partial charge < -0.3 is 9.64 Å². The van der Waals surface area contributed by atoms with Crippen molar-refractivity contribution in [2.24, 2.45) is 0 Å². The summed E-state index contributed by atoms with van der Waals surface area (Å²) in [6.07, 6.45) is 5.19. The second kappa shape index (κ2) is 8.05. The molecule has 0 amide bonds. The zero-order chi connectivity index (χ0) is 14.2. The fourth-order valence-electron chi connectivity index (χ4n) is 2.99. The van der Waals surface area contributed by atoms with E-state index in [1.54, 1.807) is 0 Å². The number of benzene rings is 1. The van der Waals surface area contributed by atoms with E-state index in [9.17, 15) is 4.79 Å². The van der Waals surface area contributed by atoms with E-state index in [1.165, 1.54) is 31.9 Å². The first-order valence-electron chi connectivity index (χ1n) is 7.63. The number of hydrogen-bond acceptors (Lipinski definition) is 3. The fraction of sp³-hybridized carbons (Fsp3) is 0.588. The Morgan fingerprint density at radius 1 is 1.25 bits per heavy atom. The first-order valence-corrected chi connectivity index (χ1v) is 7.63. The lowest BCUT2D eigenvalue weighted by Crippen LogP contribution is -2.26. The molecule has 0 spiro atoms. The fourth-order valence-corrected chi connectivity index (χ4v) is 2.99. The standard InChI is InChI=1S/C17H25NO2/c1-20-17(19)10-6-13-18-12-5-9-16(11-14-18)15-7-3-2-4-8-15/h2-4,7-8,16H,5-6,9-14H2,1H3. The van der Waals surface area contributed by atoms with Gasteiger partial charge in [0.15, 0.2) is 0 Å². The number of ether oxygens (including phenoxy) is 1. The van der Waals surface area contributed by atoms with Gasteiger partial charge in [-0.15, -0.1) is 0 Å². The highest BCUT2D eigenvalue weighted by molar-refractivity contribution is 5.69. The van der Waals surface area contributed by atoms with Gasteiger partial charge in [-0.25, -0.2) is 0 Å². The van der Waals surface area contributed by atoms with Crippen LogP contribution in [-0.2, 0) is 9.53 Å². The zero-order valence-corrected chi connectivity index (χ0v) is 12.4. The number of esters is 1. The van der Waals surface area contributed by atoms with E-state index in [0.29, 0.717) is 12.3 Å². The molecule has 110 valence electrons. The van der Waals surface area contributed by atoms with Gasteiger partial charge in [0.05, 0.1) is 7.11 Å². The van der Waals surface area contributed by atoms with Crippen molar-refractivity contribution in [3.63, 3.8) is 0 Å². The summed E-state index contributed by atoms with van der Waals surface area (Å²) in [5.74, 6) is 0.601. The van der Waals surface area contributed by atoms with Gasteiger partial charge in [0.2, 0.25) is 0 Å². The molecule has 1 heterocycles. The summed E-state index contributed by atoms with van der Waals surface area (Å²) in [6.45, 7) is 3.31. The molecule has 1 atom stereocenters. The monoisotopic (exact) mass is 275 g/mol. The first kappa shape index (κ1) is 15.0. The van der Waals surface area contributed by atoms with E-state index in [1.807, 2.05) is 0 Å². The van der Waals surface area contributed by atoms with Crippen molar-refractivity contribution in [1.29, 1.82) is 0 Å². The Morgan fingerprint density at radius 2 is 2.05 bits per heavy atom. The molecule has 1 aromatic rings. The van der Waals surface area contributed by atoms with Crippen molar-refractivity contribution < 1.29 is 9.53 Å². The van der Waals surface area contributed by atoms with Crippen molar-refractivity contribution in [3.05, 3.63) is 35.9 Å². The molecule has 1 aromatic carbocycles. The van der Waals surface area contributed by atoms with E-state index < -0.39 is 0 Å². The number of nitrogens with zero attached hydrogens (tertiary/aromatic N) is 1. The Hall–Kier alpha value is -1.35. The largest absolute Gasteiger partial charge is 0.469 e. The third kappa shape index (κ3) is 4.64. The van der Waals surface area contributed by atoms with Crippen LogP contribution < -0.4 is 0 Å². The van der Waals surface area contributed by atoms with E-state index in [2.05, 4.69) is 40.0 Å². The molecule has 1 unspecified atom stereocenters. The third-order valence-corrected chi connectivity index (χ3v) is 4.17. The van der Waals surface area contributed by atoms with E-state index in [-0.39, 0.29) is 5.97 Å². The predicted octanol–water partition coefficient (Wildman–Crippen LogP) is 3.21. The molecule has 3 nitrogen and oxygen atoms in total. The van der Waals surface area contributed by atoms with E-state index >= 15 is 0 Å². The molecule has 0 aliphatic carbocycles. The van der Waals surface area contributed by atoms with Crippen molar-refractivity contribution in [1.82, 2.24) is 4.90 Å². The summed E-state index contributed by atoms with van der Waals surface area (Å²) < 4.78 is 4.68. The first-order chi connectivity index (χ1) is 9.79. The van der Waals surface area contributed by atoms with Crippen LogP contribution in [-0.4, -0.2) is 37.6 Å². The molecule has 1 fully saturated rings. The molecule has 1 aliphatic rings. The van der Waals surface area contributed by atoms with Crippen molar-refractivity contribution in [3.8, 4) is 0 Å². The topological polar surface area (TPSA) is 29.5 Å². The Morgan fingerprint density at radius 3 is 2.80 bits per heavy atom. The number of carbonyl (C=O) groups is 1. The van der Waals surface area contributed by atoms with Gasteiger partial charge in [-0.1, -0.05) is 30.3 Å². The molecule has 1 aliphatic heterocycles. The molecule has 3 heteroatoms. The van der Waals surface area contributed by atoms with Crippen LogP contribution in [0, 0.1) is 0 Å². The van der Waals surface area contributed by atoms with Gasteiger partial charge in [0, 0.05) is 6.42 Å². The van der Waals surface area contributed by atoms with Crippen LogP contribution in [0.4, 0.5) is 0 Å². The molecular formula is C17H25NO2. The molecule has 0 N–H and O–H groups in total. The predicted molar refractivity (Wildman–Crippen MR) is 80.7 cm³/mol. The van der Waals surface area contributed by atoms with Crippen molar-refractivity contribution in [2.45, 2.75) is 38.0 Å². The van der Waals surface area contributed by atoms with Crippen LogP contribution in [0.1, 0.15) is 43.6 Å². The molecule has 20 heavy (non-hydrogen) atoms. The summed E-state index contributed by atoms with van der Waals surface area (Å²) in [6, 6.07) is 10.8. The minimum absolute atomic E-state index is 0.0954. The Labute approximate surface area is 121 Å². The van der Waals surface area contributed by atoms with Gasteiger partial charge in [0.1, 0.15) is 0 Å². The van der Waals surface area contributed by atoms with Gasteiger partial charge in [-0.2, -0.15) is 0 Å². The molecule has 1 saturated heterocycles. The highest BCUT2D eigenvalue weighted by atomic mass is 16.5. The summed E-state index contributed by atoms with van der Waals surface area (Å²) in [4.78, 5) is 13.6. The quantitative estimate of drug-likeness (QED) is 0.773. The number of methoxy groups -OCH3 is 1. The lowest BCUT2D eigenvalue weighted by molar-refractivity contribution is -0.140. The molecule has 0 aromatic heterocycles. The molecule has 0 radical (unpaired) electrons. The molecule has 0 saturated carbocycles. The highest BCUT2D eigenvalue weighted by Gasteiger charge is 2.18. The smallest absolute Gasteiger partial charge is 0.305 e. The maximum Gasteiger partial charge on any atom is 0.305 e. The van der Waals surface area contributed by atoms with Gasteiger partial charge in [-0.05, 0) is 56.8 Å². The lowest BCUT2D eigenvalue weighted by atomic mass is 9.92. The lowest BCUT2D eigenvalue weighted by Gasteiger charge is -2.19. The molecule has 0 bridgehead atoms. The average molecular weight is 275 g/mol. The molecule has 2 rings (SSSR count). The van der Waals surface area contributed by atoms with Gasteiger partial charge in [-0.3, -0.25) is 4.79 Å². The van der Waals surface area contributed by atoms with Crippen LogP contribution >= 0.6 is 0 Å². The van der Waals surface area contributed by atoms with E-state index in [4.69, 9.17) is 0 Å². The highest BCUT2D eigenvalue weighted by Crippen LogP contribution is 2.27. The Kier molecular flexibility index (Phi) is 6.06. The van der Waals surface area contributed by atoms with Crippen LogP contribution in [0.5, 0.6) is 0 Å². The Bertz CT molecular complexity index is 405. The number of carbonyl (C=O) groups excluding carboxylic acids is 1. The minimum Gasteiger partial charge on any atom is -0.469 e. The summed E-state index contributed by atoms with van der Waals surface area (Å²) in [7, 11) is 1.46. The summed E-state index contributed by atoms with van der Waals surface area (Å²) >= 11 is 0. The number of rotatable bonds is 5. The Balaban J connectivity index is 1.76. The summed E-state index contributed by atoms with van der Waals surface area (Å²) in [5.41, 5.74) is 1.48. The normalized spacial score (nSPS) is 20.4. The van der Waals surface area contributed by atoms with Gasteiger partial charge in [0.25, 0.3) is 0 Å². The van der Waals surface area contributed by atoms with Crippen LogP contribution in [0.15, 0.2) is 30.3 Å². The minimum atomic E-state index is -0.0954. The average Bonchev–Trinajstić information content (AvgIpc) is 2.74. The van der Waals surface area contributed by atoms with Crippen LogP contribution in [0.2, 0.25) is 0 Å². The number of hydrogen-bond donors (Lipinski definition) is 0. The van der Waals surface area contributed by atoms with Crippen LogP contribution in [0.25, 0.3) is 0 Å². The van der Waals surface area contributed by atoms with E-state index in [0.717, 1.165) is 26.1 Å². The summed E-state index contributed by atoms with van der Waals surface area (Å²) in [5, 5.41) is 0. The molecular weight excluding hydrogens is 250 g/mol. The maximum atomic E-state index is 11.1.